The zero-order valence-electron chi connectivity index (χ0n) is 8.49. The average Bonchev–Trinajstić information content (AvgIpc) is 2.16. The fraction of sp³-hybridized carbons (Fsp3) is 0.500. The predicted molar refractivity (Wildman–Crippen MR) is 56.8 cm³/mol. The van der Waals surface area contributed by atoms with Crippen LogP contribution in [0.3, 0.4) is 0 Å². The maximum Gasteiger partial charge on any atom is 0.151 e. The van der Waals surface area contributed by atoms with Gasteiger partial charge in [0, 0.05) is 19.3 Å². The molecular formula is C10H17N3. The molecule has 0 aliphatic rings. The Morgan fingerprint density at radius 2 is 2.31 bits per heavy atom. The lowest BCUT2D eigenvalue weighted by molar-refractivity contribution is 0.658. The summed E-state index contributed by atoms with van der Waals surface area (Å²) in [6.45, 7) is 4.31. The molecule has 1 rings (SSSR count). The number of aromatic nitrogens is 1. The quantitative estimate of drug-likeness (QED) is 0.770. The van der Waals surface area contributed by atoms with E-state index in [2.05, 4.69) is 23.7 Å². The monoisotopic (exact) mass is 179 g/mol. The van der Waals surface area contributed by atoms with Crippen molar-refractivity contribution in [3.63, 3.8) is 0 Å². The van der Waals surface area contributed by atoms with Crippen LogP contribution in [0.25, 0.3) is 0 Å². The van der Waals surface area contributed by atoms with Crippen molar-refractivity contribution < 1.29 is 0 Å². The highest BCUT2D eigenvalue weighted by molar-refractivity contribution is 5.62. The Morgan fingerprint density at radius 3 is 2.85 bits per heavy atom. The lowest BCUT2D eigenvalue weighted by atomic mass is 10.2. The van der Waals surface area contributed by atoms with Crippen molar-refractivity contribution in [2.24, 2.45) is 0 Å². The van der Waals surface area contributed by atoms with Crippen LogP contribution in [0.15, 0.2) is 18.3 Å². The maximum atomic E-state index is 5.81. The van der Waals surface area contributed by atoms with E-state index in [1.807, 2.05) is 19.2 Å². The molecule has 0 saturated carbocycles. The Balaban J connectivity index is 2.88. The molecule has 72 valence electrons. The van der Waals surface area contributed by atoms with Crippen molar-refractivity contribution in [2.45, 2.75) is 26.3 Å². The SMILES string of the molecule is CCC(C)N(C)c1ncccc1N. The van der Waals surface area contributed by atoms with Crippen LogP contribution < -0.4 is 10.6 Å². The van der Waals surface area contributed by atoms with Crippen molar-refractivity contribution >= 4 is 11.5 Å². The Labute approximate surface area is 79.6 Å². The summed E-state index contributed by atoms with van der Waals surface area (Å²) in [5, 5.41) is 0. The second-order valence-electron chi connectivity index (χ2n) is 3.28. The number of nitrogens with two attached hydrogens (primary N) is 1. The number of rotatable bonds is 3. The van der Waals surface area contributed by atoms with Gasteiger partial charge in [0.1, 0.15) is 0 Å². The lowest BCUT2D eigenvalue weighted by Crippen LogP contribution is -2.29. The van der Waals surface area contributed by atoms with E-state index in [9.17, 15) is 0 Å². The molecule has 0 saturated heterocycles. The molecule has 1 aromatic heterocycles. The normalized spacial score (nSPS) is 12.5. The van der Waals surface area contributed by atoms with E-state index < -0.39 is 0 Å². The third kappa shape index (κ3) is 2.11. The Hall–Kier alpha value is -1.25. The summed E-state index contributed by atoms with van der Waals surface area (Å²) in [4.78, 5) is 6.35. The number of nitrogen functional groups attached to an aromatic ring is 1. The number of nitrogens with zero attached hydrogens (tertiary/aromatic N) is 2. The van der Waals surface area contributed by atoms with Crippen LogP contribution >= 0.6 is 0 Å². The molecule has 1 aromatic rings. The van der Waals surface area contributed by atoms with Crippen molar-refractivity contribution in [1.82, 2.24) is 4.98 Å². The van der Waals surface area contributed by atoms with Gasteiger partial charge in [-0.2, -0.15) is 0 Å². The Kier molecular flexibility index (Phi) is 3.12. The number of anilines is 2. The van der Waals surface area contributed by atoms with Gasteiger partial charge in [-0.3, -0.25) is 0 Å². The molecule has 0 radical (unpaired) electrons. The van der Waals surface area contributed by atoms with E-state index in [1.165, 1.54) is 0 Å². The van der Waals surface area contributed by atoms with Gasteiger partial charge in [-0.15, -0.1) is 0 Å². The maximum absolute atomic E-state index is 5.81. The van der Waals surface area contributed by atoms with E-state index in [-0.39, 0.29) is 0 Å². The molecule has 0 aliphatic heterocycles. The molecule has 0 bridgehead atoms. The van der Waals surface area contributed by atoms with Crippen LogP contribution in [-0.2, 0) is 0 Å². The molecule has 0 spiro atoms. The lowest BCUT2D eigenvalue weighted by Gasteiger charge is -2.25. The molecule has 3 heteroatoms. The minimum atomic E-state index is 0.470. The molecule has 13 heavy (non-hydrogen) atoms. The molecule has 0 amide bonds. The molecule has 1 unspecified atom stereocenters. The molecule has 0 fully saturated rings. The molecule has 0 aromatic carbocycles. The van der Waals surface area contributed by atoms with Crippen LogP contribution in [0.2, 0.25) is 0 Å². The smallest absolute Gasteiger partial charge is 0.151 e. The van der Waals surface area contributed by atoms with Gasteiger partial charge < -0.3 is 10.6 Å². The zero-order chi connectivity index (χ0) is 9.84. The van der Waals surface area contributed by atoms with Crippen LogP contribution in [-0.4, -0.2) is 18.1 Å². The summed E-state index contributed by atoms with van der Waals surface area (Å²) in [5.74, 6) is 0.872. The summed E-state index contributed by atoms with van der Waals surface area (Å²) in [6.07, 6.45) is 2.86. The first-order valence-electron chi connectivity index (χ1n) is 4.60. The number of hydrogen-bond donors (Lipinski definition) is 1. The summed E-state index contributed by atoms with van der Waals surface area (Å²) >= 11 is 0. The second-order valence-corrected chi connectivity index (χ2v) is 3.28. The van der Waals surface area contributed by atoms with Gasteiger partial charge in [-0.1, -0.05) is 6.92 Å². The van der Waals surface area contributed by atoms with Gasteiger partial charge >= 0.3 is 0 Å². The van der Waals surface area contributed by atoms with E-state index in [0.717, 1.165) is 17.9 Å². The van der Waals surface area contributed by atoms with Gasteiger partial charge in [0.2, 0.25) is 0 Å². The predicted octanol–water partition coefficient (Wildman–Crippen LogP) is 1.90. The van der Waals surface area contributed by atoms with Crippen LogP contribution in [0, 0.1) is 0 Å². The van der Waals surface area contributed by atoms with E-state index >= 15 is 0 Å². The van der Waals surface area contributed by atoms with Crippen molar-refractivity contribution in [3.05, 3.63) is 18.3 Å². The fourth-order valence-corrected chi connectivity index (χ4v) is 1.19. The molecular weight excluding hydrogens is 162 g/mol. The average molecular weight is 179 g/mol. The second kappa shape index (κ2) is 4.12. The highest BCUT2D eigenvalue weighted by atomic mass is 15.2. The van der Waals surface area contributed by atoms with Crippen molar-refractivity contribution in [1.29, 1.82) is 0 Å². The number of pyridine rings is 1. The van der Waals surface area contributed by atoms with Crippen LogP contribution in [0.1, 0.15) is 20.3 Å². The first kappa shape index (κ1) is 9.84. The first-order valence-corrected chi connectivity index (χ1v) is 4.60. The van der Waals surface area contributed by atoms with Gasteiger partial charge in [-0.25, -0.2) is 4.98 Å². The minimum absolute atomic E-state index is 0.470. The standard InChI is InChI=1S/C10H17N3/c1-4-8(2)13(3)10-9(11)6-5-7-12-10/h5-8H,4,11H2,1-3H3. The topological polar surface area (TPSA) is 42.2 Å². The third-order valence-electron chi connectivity index (χ3n) is 2.40. The summed E-state index contributed by atoms with van der Waals surface area (Å²) < 4.78 is 0. The first-order chi connectivity index (χ1) is 6.16. The fourth-order valence-electron chi connectivity index (χ4n) is 1.19. The van der Waals surface area contributed by atoms with Crippen LogP contribution in [0.4, 0.5) is 11.5 Å². The molecule has 2 N–H and O–H groups in total. The van der Waals surface area contributed by atoms with Gasteiger partial charge in [0.15, 0.2) is 5.82 Å². The van der Waals surface area contributed by atoms with Gasteiger partial charge in [0.05, 0.1) is 5.69 Å². The van der Waals surface area contributed by atoms with E-state index in [4.69, 9.17) is 5.73 Å². The number of hydrogen-bond acceptors (Lipinski definition) is 3. The summed E-state index contributed by atoms with van der Waals surface area (Å²) in [6, 6.07) is 4.20. The molecule has 3 nitrogen and oxygen atoms in total. The molecule has 1 atom stereocenters. The molecule has 0 aliphatic carbocycles. The highest BCUT2D eigenvalue weighted by Crippen LogP contribution is 2.20. The Bertz CT molecular complexity index is 273. The van der Waals surface area contributed by atoms with Gasteiger partial charge in [0.25, 0.3) is 0 Å². The van der Waals surface area contributed by atoms with Crippen molar-refractivity contribution in [3.8, 4) is 0 Å². The third-order valence-corrected chi connectivity index (χ3v) is 2.40. The summed E-state index contributed by atoms with van der Waals surface area (Å²) in [7, 11) is 2.02. The largest absolute Gasteiger partial charge is 0.396 e. The van der Waals surface area contributed by atoms with E-state index in [1.54, 1.807) is 6.20 Å². The van der Waals surface area contributed by atoms with Crippen molar-refractivity contribution in [2.75, 3.05) is 17.7 Å². The zero-order valence-corrected chi connectivity index (χ0v) is 8.49. The highest BCUT2D eigenvalue weighted by Gasteiger charge is 2.10. The Morgan fingerprint density at radius 1 is 1.62 bits per heavy atom. The minimum Gasteiger partial charge on any atom is -0.396 e. The summed E-state index contributed by atoms with van der Waals surface area (Å²) in [5.41, 5.74) is 6.55. The van der Waals surface area contributed by atoms with Gasteiger partial charge in [-0.05, 0) is 25.5 Å². The molecule has 1 heterocycles. The van der Waals surface area contributed by atoms with E-state index in [0.29, 0.717) is 6.04 Å². The van der Waals surface area contributed by atoms with Crippen LogP contribution in [0.5, 0.6) is 0 Å².